The molecular formula is C76H131NO10. The Hall–Kier alpha value is -3.68. The highest BCUT2D eigenvalue weighted by Gasteiger charge is 2.47. The third-order valence-corrected chi connectivity index (χ3v) is 16.2. The van der Waals surface area contributed by atoms with Crippen molar-refractivity contribution in [3.8, 4) is 0 Å². The van der Waals surface area contributed by atoms with E-state index in [2.05, 4.69) is 123 Å². The van der Waals surface area contributed by atoms with Gasteiger partial charge < -0.3 is 45.1 Å². The van der Waals surface area contributed by atoms with Gasteiger partial charge in [0.25, 0.3) is 0 Å². The second-order valence-electron chi connectivity index (χ2n) is 24.2. The Morgan fingerprint density at radius 2 is 0.828 bits per heavy atom. The van der Waals surface area contributed by atoms with E-state index in [0.717, 1.165) is 116 Å². The van der Waals surface area contributed by atoms with Crippen LogP contribution in [0.5, 0.6) is 0 Å². The fourth-order valence-corrected chi connectivity index (χ4v) is 10.6. The molecule has 8 unspecified atom stereocenters. The Balaban J connectivity index is 2.55. The van der Waals surface area contributed by atoms with Crippen molar-refractivity contribution in [3.05, 3.63) is 109 Å². The van der Waals surface area contributed by atoms with E-state index in [4.69, 9.17) is 14.2 Å². The minimum absolute atomic E-state index is 0.116. The SMILES string of the molecule is CC/C=C\C/C=C\C/C=C\C/C=C\C/C=C\CCCCCCC(O)C(=O)NC(COC1OC(CO)C(O)C(O)C1OC(=O)CCCCCCCCCCCCCCCC/C=C\C/C=C\C/C=C\CCCCC)C(O)/C=C/CCCCCCCCCCC. The van der Waals surface area contributed by atoms with Gasteiger partial charge in [0.15, 0.2) is 12.4 Å². The van der Waals surface area contributed by atoms with E-state index in [1.807, 2.05) is 6.08 Å². The van der Waals surface area contributed by atoms with Crippen molar-refractivity contribution in [1.29, 1.82) is 0 Å². The van der Waals surface area contributed by atoms with Gasteiger partial charge in [0.2, 0.25) is 5.91 Å². The molecule has 1 aliphatic heterocycles. The zero-order chi connectivity index (χ0) is 63.1. The van der Waals surface area contributed by atoms with Gasteiger partial charge in [-0.3, -0.25) is 9.59 Å². The number of aliphatic hydroxyl groups is 5. The van der Waals surface area contributed by atoms with E-state index < -0.39 is 67.4 Å². The number of aliphatic hydroxyl groups excluding tert-OH is 5. The number of hydrogen-bond acceptors (Lipinski definition) is 10. The highest BCUT2D eigenvalue weighted by atomic mass is 16.7. The molecule has 0 aromatic heterocycles. The quantitative estimate of drug-likeness (QED) is 0.0195. The van der Waals surface area contributed by atoms with Gasteiger partial charge in [-0.1, -0.05) is 291 Å². The third kappa shape index (κ3) is 49.7. The molecule has 1 saturated heterocycles. The number of allylic oxidation sites excluding steroid dienone is 17. The maximum atomic E-state index is 13.5. The molecular weight excluding hydrogens is 1090 g/mol. The van der Waals surface area contributed by atoms with E-state index in [1.54, 1.807) is 6.08 Å². The highest BCUT2D eigenvalue weighted by molar-refractivity contribution is 5.80. The second kappa shape index (κ2) is 62.5. The first-order chi connectivity index (χ1) is 42.7. The lowest BCUT2D eigenvalue weighted by Gasteiger charge is -2.41. The fourth-order valence-electron chi connectivity index (χ4n) is 10.6. The van der Waals surface area contributed by atoms with Crippen molar-refractivity contribution in [3.63, 3.8) is 0 Å². The average molecular weight is 1220 g/mol. The van der Waals surface area contributed by atoms with Crippen LogP contribution in [0.15, 0.2) is 109 Å². The summed E-state index contributed by atoms with van der Waals surface area (Å²) in [6, 6.07) is -1.04. The lowest BCUT2D eigenvalue weighted by atomic mass is 9.99. The molecule has 6 N–H and O–H groups in total. The van der Waals surface area contributed by atoms with Crippen LogP contribution in [0.1, 0.15) is 297 Å². The van der Waals surface area contributed by atoms with Crippen LogP contribution in [0.25, 0.3) is 0 Å². The molecule has 1 fully saturated rings. The van der Waals surface area contributed by atoms with Crippen LogP contribution < -0.4 is 5.32 Å². The summed E-state index contributed by atoms with van der Waals surface area (Å²) in [6.07, 6.45) is 75.6. The largest absolute Gasteiger partial charge is 0.454 e. The molecule has 0 aliphatic carbocycles. The molecule has 0 saturated carbocycles. The Bertz CT molecular complexity index is 1830. The molecule has 87 heavy (non-hydrogen) atoms. The van der Waals surface area contributed by atoms with Crippen LogP contribution in [0.3, 0.4) is 0 Å². The van der Waals surface area contributed by atoms with Gasteiger partial charge in [-0.25, -0.2) is 0 Å². The molecule has 1 heterocycles. The standard InChI is InChI=1S/C76H131NO10/c1-4-7-10-13-16-19-22-24-26-28-30-32-33-34-35-36-37-38-40-42-44-46-49-52-55-58-61-64-71(81)87-74-73(83)72(82)70(65-78)86-76(74)85-66-67(68(79)62-59-56-53-50-47-21-18-15-12-9-6-3)77-75(84)69(80)63-60-57-54-51-48-45-43-41-39-31-29-27-25-23-20-17-14-11-8-5-2/h8,11,16-17,19-20,24-27,30-32,39,43,45,59,62,67-70,72-74,76,78-80,82-83H,4-7,9-10,12-15,18,21-23,28-29,33-38,40-42,44,46-58,60-61,63-66H2,1-3H3,(H,77,84)/b11-8-,19-16-,20-17-,26-24-,27-25-,32-30-,39-31-,45-43-,62-59+. The number of carbonyl (C=O) groups is 2. The first-order valence-corrected chi connectivity index (χ1v) is 35.7. The monoisotopic (exact) mass is 1220 g/mol. The molecule has 0 aromatic rings. The van der Waals surface area contributed by atoms with E-state index >= 15 is 0 Å². The van der Waals surface area contributed by atoms with Gasteiger partial charge in [0.1, 0.15) is 24.4 Å². The minimum Gasteiger partial charge on any atom is -0.454 e. The van der Waals surface area contributed by atoms with Crippen LogP contribution in [-0.2, 0) is 23.8 Å². The van der Waals surface area contributed by atoms with Crippen molar-refractivity contribution < 1.29 is 49.3 Å². The lowest BCUT2D eigenvalue weighted by molar-refractivity contribution is -0.305. The first-order valence-electron chi connectivity index (χ1n) is 35.7. The minimum atomic E-state index is -1.62. The lowest BCUT2D eigenvalue weighted by Crippen LogP contribution is -2.61. The Morgan fingerprint density at radius 1 is 0.460 bits per heavy atom. The van der Waals surface area contributed by atoms with Crippen LogP contribution in [0.4, 0.5) is 0 Å². The Labute approximate surface area is 532 Å². The van der Waals surface area contributed by atoms with Crippen molar-refractivity contribution in [2.24, 2.45) is 0 Å². The summed E-state index contributed by atoms with van der Waals surface area (Å²) in [5.74, 6) is -1.22. The zero-order valence-electron chi connectivity index (χ0n) is 55.6. The average Bonchev–Trinajstić information content (AvgIpc) is 1.56. The van der Waals surface area contributed by atoms with E-state index in [9.17, 15) is 35.1 Å². The molecule has 1 aliphatic rings. The third-order valence-electron chi connectivity index (χ3n) is 16.2. The molecule has 11 heteroatoms. The van der Waals surface area contributed by atoms with Gasteiger partial charge >= 0.3 is 5.97 Å². The van der Waals surface area contributed by atoms with Crippen LogP contribution >= 0.6 is 0 Å². The number of esters is 1. The van der Waals surface area contributed by atoms with E-state index in [-0.39, 0.29) is 19.4 Å². The Kier molecular flexibility index (Phi) is 58.4. The van der Waals surface area contributed by atoms with Crippen LogP contribution in [-0.4, -0.2) is 99.6 Å². The van der Waals surface area contributed by atoms with Crippen LogP contribution in [0.2, 0.25) is 0 Å². The van der Waals surface area contributed by atoms with E-state index in [0.29, 0.717) is 12.8 Å². The number of rotatable bonds is 60. The number of amides is 1. The second-order valence-corrected chi connectivity index (χ2v) is 24.2. The summed E-state index contributed by atoms with van der Waals surface area (Å²) >= 11 is 0. The molecule has 8 atom stereocenters. The van der Waals surface area contributed by atoms with E-state index in [1.165, 1.54) is 135 Å². The molecule has 0 spiro atoms. The van der Waals surface area contributed by atoms with Gasteiger partial charge in [0, 0.05) is 6.42 Å². The first kappa shape index (κ1) is 81.3. The van der Waals surface area contributed by atoms with Crippen molar-refractivity contribution >= 4 is 11.9 Å². The van der Waals surface area contributed by atoms with Gasteiger partial charge in [-0.15, -0.1) is 0 Å². The molecule has 500 valence electrons. The topological polar surface area (TPSA) is 175 Å². The maximum absolute atomic E-state index is 13.5. The summed E-state index contributed by atoms with van der Waals surface area (Å²) in [6.45, 7) is 5.65. The summed E-state index contributed by atoms with van der Waals surface area (Å²) in [5, 5.41) is 57.2. The predicted molar refractivity (Wildman–Crippen MR) is 365 cm³/mol. The number of ether oxygens (including phenoxy) is 3. The maximum Gasteiger partial charge on any atom is 0.306 e. The molecule has 0 bridgehead atoms. The van der Waals surface area contributed by atoms with Crippen molar-refractivity contribution in [2.75, 3.05) is 13.2 Å². The smallest absolute Gasteiger partial charge is 0.306 e. The molecule has 11 nitrogen and oxygen atoms in total. The number of hydrogen-bond donors (Lipinski definition) is 6. The van der Waals surface area contributed by atoms with Crippen molar-refractivity contribution in [2.45, 2.75) is 346 Å². The number of unbranched alkanes of at least 4 members (excludes halogenated alkanes) is 30. The predicted octanol–water partition coefficient (Wildman–Crippen LogP) is 18.4. The molecule has 0 radical (unpaired) electrons. The normalized spacial score (nSPS) is 18.9. The number of carbonyl (C=O) groups excluding carboxylic acids is 2. The number of nitrogens with one attached hydrogen (secondary N) is 1. The zero-order valence-corrected chi connectivity index (χ0v) is 55.6. The summed E-state index contributed by atoms with van der Waals surface area (Å²) in [5.41, 5.74) is 0. The summed E-state index contributed by atoms with van der Waals surface area (Å²) < 4.78 is 17.7. The highest BCUT2D eigenvalue weighted by Crippen LogP contribution is 2.26. The molecule has 1 amide bonds. The molecule has 0 aromatic carbocycles. The van der Waals surface area contributed by atoms with Crippen molar-refractivity contribution in [1.82, 2.24) is 5.32 Å². The molecule has 1 rings (SSSR count). The van der Waals surface area contributed by atoms with Gasteiger partial charge in [-0.2, -0.15) is 0 Å². The van der Waals surface area contributed by atoms with Gasteiger partial charge in [0.05, 0.1) is 25.4 Å². The summed E-state index contributed by atoms with van der Waals surface area (Å²) in [7, 11) is 0. The van der Waals surface area contributed by atoms with Crippen LogP contribution in [0, 0.1) is 0 Å². The Morgan fingerprint density at radius 3 is 1.26 bits per heavy atom. The fraction of sp³-hybridized carbons (Fsp3) is 0.737. The summed E-state index contributed by atoms with van der Waals surface area (Å²) in [4.78, 5) is 26.7. The van der Waals surface area contributed by atoms with Gasteiger partial charge in [-0.05, 0) is 109 Å².